The fourth-order valence-corrected chi connectivity index (χ4v) is 3.43. The van der Waals surface area contributed by atoms with Crippen molar-refractivity contribution in [1.29, 1.82) is 0 Å². The molecule has 4 nitrogen and oxygen atoms in total. The van der Waals surface area contributed by atoms with Crippen molar-refractivity contribution in [3.8, 4) is 0 Å². The summed E-state index contributed by atoms with van der Waals surface area (Å²) in [7, 11) is 3.90. The van der Waals surface area contributed by atoms with Crippen LogP contribution >= 0.6 is 27.3 Å². The average Bonchev–Trinajstić information content (AvgIpc) is 2.67. The van der Waals surface area contributed by atoms with E-state index in [1.807, 2.05) is 37.2 Å². The minimum absolute atomic E-state index is 0.0563. The van der Waals surface area contributed by atoms with Gasteiger partial charge in [-0.15, -0.1) is 11.3 Å². The van der Waals surface area contributed by atoms with Gasteiger partial charge in [0.25, 0.3) is 5.56 Å². The van der Waals surface area contributed by atoms with Crippen LogP contribution in [0.15, 0.2) is 27.5 Å². The van der Waals surface area contributed by atoms with Crippen LogP contribution in [0.5, 0.6) is 0 Å². The van der Waals surface area contributed by atoms with E-state index in [0.29, 0.717) is 17.1 Å². The molecule has 6 heteroatoms. The summed E-state index contributed by atoms with van der Waals surface area (Å²) in [4.78, 5) is 21.5. The van der Waals surface area contributed by atoms with E-state index in [4.69, 9.17) is 0 Å². The van der Waals surface area contributed by atoms with Gasteiger partial charge < -0.3 is 9.88 Å². The molecule has 19 heavy (non-hydrogen) atoms. The number of nitrogens with one attached hydrogen (secondary N) is 1. The van der Waals surface area contributed by atoms with Gasteiger partial charge in [0.05, 0.1) is 12.1 Å². The van der Waals surface area contributed by atoms with E-state index in [1.54, 1.807) is 0 Å². The van der Waals surface area contributed by atoms with Gasteiger partial charge in [-0.25, -0.2) is 4.98 Å². The van der Waals surface area contributed by atoms with Gasteiger partial charge in [0, 0.05) is 14.6 Å². The molecule has 2 heterocycles. The van der Waals surface area contributed by atoms with Crippen molar-refractivity contribution in [3.05, 3.63) is 38.9 Å². The van der Waals surface area contributed by atoms with Gasteiger partial charge in [-0.3, -0.25) is 4.79 Å². The second kappa shape index (κ2) is 4.70. The molecule has 0 bridgehead atoms. The Bertz CT molecular complexity index is 822. The topological polar surface area (TPSA) is 49.0 Å². The van der Waals surface area contributed by atoms with Gasteiger partial charge in [-0.1, -0.05) is 15.9 Å². The first kappa shape index (κ1) is 12.8. The van der Waals surface area contributed by atoms with Gasteiger partial charge in [-0.05, 0) is 32.3 Å². The monoisotopic (exact) mass is 337 g/mol. The molecule has 98 valence electrons. The highest BCUT2D eigenvalue weighted by Gasteiger charge is 2.12. The fraction of sp³-hybridized carbons (Fsp3) is 0.231. The Balaban J connectivity index is 2.34. The number of aromatic amines is 1. The lowest BCUT2D eigenvalue weighted by atomic mass is 10.2. The van der Waals surface area contributed by atoms with E-state index in [-0.39, 0.29) is 5.56 Å². The summed E-state index contributed by atoms with van der Waals surface area (Å²) in [6.07, 6.45) is 0. The molecule has 1 aromatic carbocycles. The third kappa shape index (κ3) is 2.31. The van der Waals surface area contributed by atoms with E-state index in [1.165, 1.54) is 11.3 Å². The van der Waals surface area contributed by atoms with Crippen LogP contribution in [0.25, 0.3) is 20.3 Å². The molecule has 3 aromatic rings. The number of hydrogen-bond donors (Lipinski definition) is 1. The molecule has 0 fully saturated rings. The molecule has 1 N–H and O–H groups in total. The Morgan fingerprint density at radius 2 is 2.21 bits per heavy atom. The Morgan fingerprint density at radius 1 is 1.42 bits per heavy atom. The van der Waals surface area contributed by atoms with E-state index in [0.717, 1.165) is 20.1 Å². The molecule has 0 unspecified atom stereocenters. The molecular formula is C13H12BrN3OS. The second-order valence-electron chi connectivity index (χ2n) is 4.67. The van der Waals surface area contributed by atoms with Crippen molar-refractivity contribution in [2.45, 2.75) is 6.54 Å². The van der Waals surface area contributed by atoms with E-state index in [9.17, 15) is 4.79 Å². The lowest BCUT2D eigenvalue weighted by Gasteiger charge is -2.08. The zero-order chi connectivity index (χ0) is 13.6. The van der Waals surface area contributed by atoms with Crippen molar-refractivity contribution in [1.82, 2.24) is 14.9 Å². The third-order valence-electron chi connectivity index (χ3n) is 2.80. The maximum absolute atomic E-state index is 12.1. The van der Waals surface area contributed by atoms with Crippen LogP contribution in [0.3, 0.4) is 0 Å². The van der Waals surface area contributed by atoms with Crippen LogP contribution in [0.4, 0.5) is 0 Å². The summed E-state index contributed by atoms with van der Waals surface area (Å²) in [5.41, 5.74) is 0.737. The SMILES string of the molecule is CN(C)Cc1nc2c(sc3ccc(Br)cc32)c(=O)[nH]1. The van der Waals surface area contributed by atoms with Gasteiger partial charge in [-0.2, -0.15) is 0 Å². The van der Waals surface area contributed by atoms with Crippen LogP contribution < -0.4 is 5.56 Å². The van der Waals surface area contributed by atoms with Crippen LogP contribution in [-0.4, -0.2) is 29.0 Å². The van der Waals surface area contributed by atoms with Crippen LogP contribution in [0.2, 0.25) is 0 Å². The first-order chi connectivity index (χ1) is 9.04. The minimum atomic E-state index is -0.0563. The summed E-state index contributed by atoms with van der Waals surface area (Å²) in [5, 5.41) is 1.03. The summed E-state index contributed by atoms with van der Waals surface area (Å²) >= 11 is 4.95. The Hall–Kier alpha value is -1.24. The summed E-state index contributed by atoms with van der Waals surface area (Å²) < 4.78 is 2.77. The molecule has 2 aromatic heterocycles. The highest BCUT2D eigenvalue weighted by atomic mass is 79.9. The zero-order valence-electron chi connectivity index (χ0n) is 10.5. The summed E-state index contributed by atoms with van der Waals surface area (Å²) in [6.45, 7) is 0.622. The quantitative estimate of drug-likeness (QED) is 0.782. The van der Waals surface area contributed by atoms with Gasteiger partial charge in [0.1, 0.15) is 10.5 Å². The molecule has 0 radical (unpaired) electrons. The van der Waals surface area contributed by atoms with Crippen molar-refractivity contribution in [2.24, 2.45) is 0 Å². The second-order valence-corrected chi connectivity index (χ2v) is 6.64. The Morgan fingerprint density at radius 3 is 2.95 bits per heavy atom. The lowest BCUT2D eigenvalue weighted by molar-refractivity contribution is 0.390. The van der Waals surface area contributed by atoms with Crippen LogP contribution in [-0.2, 0) is 6.54 Å². The number of hydrogen-bond acceptors (Lipinski definition) is 4. The number of benzene rings is 1. The zero-order valence-corrected chi connectivity index (χ0v) is 12.9. The molecule has 0 amide bonds. The van der Waals surface area contributed by atoms with Gasteiger partial charge in [0.2, 0.25) is 0 Å². The van der Waals surface area contributed by atoms with E-state index >= 15 is 0 Å². The normalized spacial score (nSPS) is 11.8. The average molecular weight is 338 g/mol. The van der Waals surface area contributed by atoms with Crippen molar-refractivity contribution >= 4 is 47.6 Å². The largest absolute Gasteiger partial charge is 0.308 e. The minimum Gasteiger partial charge on any atom is -0.308 e. The first-order valence-electron chi connectivity index (χ1n) is 5.80. The Labute approximate surface area is 122 Å². The number of fused-ring (bicyclic) bond motifs is 3. The summed E-state index contributed by atoms with van der Waals surface area (Å²) in [5.74, 6) is 0.696. The molecule has 3 rings (SSSR count). The maximum Gasteiger partial charge on any atom is 0.268 e. The molecule has 0 saturated heterocycles. The highest BCUT2D eigenvalue weighted by molar-refractivity contribution is 9.10. The molecule has 0 saturated carbocycles. The van der Waals surface area contributed by atoms with Crippen LogP contribution in [0, 0.1) is 0 Å². The summed E-state index contributed by atoms with van der Waals surface area (Å²) in [6, 6.07) is 6.00. The standard InChI is InChI=1S/C13H12BrN3OS/c1-17(2)6-10-15-11-8-5-7(14)3-4-9(8)19-12(11)13(18)16-10/h3-5H,6H2,1-2H3,(H,15,16,18). The van der Waals surface area contributed by atoms with E-state index in [2.05, 4.69) is 25.9 Å². The predicted molar refractivity (Wildman–Crippen MR) is 82.8 cm³/mol. The van der Waals surface area contributed by atoms with Crippen LogP contribution in [0.1, 0.15) is 5.82 Å². The molecule has 0 aliphatic heterocycles. The van der Waals surface area contributed by atoms with Gasteiger partial charge >= 0.3 is 0 Å². The highest BCUT2D eigenvalue weighted by Crippen LogP contribution is 2.32. The molecule has 0 spiro atoms. The number of rotatable bonds is 2. The van der Waals surface area contributed by atoms with Crippen molar-refractivity contribution in [3.63, 3.8) is 0 Å². The maximum atomic E-state index is 12.1. The number of halogens is 1. The van der Waals surface area contributed by atoms with Gasteiger partial charge in [0.15, 0.2) is 0 Å². The number of thiophene rings is 1. The van der Waals surface area contributed by atoms with Crippen molar-refractivity contribution < 1.29 is 0 Å². The molecular weight excluding hydrogens is 326 g/mol. The third-order valence-corrected chi connectivity index (χ3v) is 4.45. The predicted octanol–water partition coefficient (Wildman–Crippen LogP) is 2.96. The Kier molecular flexibility index (Phi) is 3.16. The fourth-order valence-electron chi connectivity index (χ4n) is 2.05. The van der Waals surface area contributed by atoms with E-state index < -0.39 is 0 Å². The van der Waals surface area contributed by atoms with Crippen molar-refractivity contribution in [2.75, 3.05) is 14.1 Å². The molecule has 0 aliphatic carbocycles. The number of nitrogens with zero attached hydrogens (tertiary/aromatic N) is 2. The smallest absolute Gasteiger partial charge is 0.268 e. The molecule has 0 atom stereocenters. The molecule has 0 aliphatic rings. The first-order valence-corrected chi connectivity index (χ1v) is 7.41. The number of H-pyrrole nitrogens is 1. The lowest BCUT2D eigenvalue weighted by Crippen LogP contribution is -2.17. The number of aromatic nitrogens is 2.